The Labute approximate surface area is 164 Å². The van der Waals surface area contributed by atoms with Crippen molar-refractivity contribution in [1.29, 1.82) is 0 Å². The van der Waals surface area contributed by atoms with Gasteiger partial charge in [0.25, 0.3) is 0 Å². The number of carbonyl (C=O) groups is 2. The first-order valence-corrected chi connectivity index (χ1v) is 8.86. The Hall–Kier alpha value is -3.06. The molecule has 7 nitrogen and oxygen atoms in total. The molecule has 3 rings (SSSR count). The maximum atomic E-state index is 9.55. The molecule has 0 bridgehead atoms. The summed E-state index contributed by atoms with van der Waals surface area (Å²) in [5.74, 6) is -1.61. The summed E-state index contributed by atoms with van der Waals surface area (Å²) in [5.41, 5.74) is 11.3. The molecule has 4 N–H and O–H groups in total. The van der Waals surface area contributed by atoms with E-state index in [1.54, 1.807) is 7.11 Å². The molecule has 0 amide bonds. The van der Waals surface area contributed by atoms with Crippen LogP contribution in [0.25, 0.3) is 11.3 Å². The van der Waals surface area contributed by atoms with Crippen LogP contribution in [0.1, 0.15) is 31.9 Å². The number of ether oxygens (including phenoxy) is 1. The Morgan fingerprint density at radius 3 is 2.29 bits per heavy atom. The fourth-order valence-corrected chi connectivity index (χ4v) is 3.42. The van der Waals surface area contributed by atoms with Gasteiger partial charge in [-0.25, -0.2) is 9.59 Å². The van der Waals surface area contributed by atoms with Crippen molar-refractivity contribution in [2.45, 2.75) is 38.8 Å². The summed E-state index contributed by atoms with van der Waals surface area (Å²) in [4.78, 5) is 19.1. The van der Waals surface area contributed by atoms with Gasteiger partial charge in [-0.3, -0.25) is 0 Å². The number of methoxy groups -OCH3 is 1. The van der Waals surface area contributed by atoms with E-state index in [2.05, 4.69) is 42.8 Å². The van der Waals surface area contributed by atoms with Gasteiger partial charge in [0.15, 0.2) is 0 Å². The van der Waals surface area contributed by atoms with Crippen molar-refractivity contribution >= 4 is 11.9 Å². The van der Waals surface area contributed by atoms with E-state index in [-0.39, 0.29) is 11.5 Å². The average Bonchev–Trinajstić information content (AvgIpc) is 3.12. The van der Waals surface area contributed by atoms with Gasteiger partial charge in [-0.15, -0.1) is 0 Å². The van der Waals surface area contributed by atoms with Gasteiger partial charge in [0.1, 0.15) is 5.75 Å². The third kappa shape index (κ3) is 4.43. The summed E-state index contributed by atoms with van der Waals surface area (Å²) in [5, 5.41) is 15.6. The number of carboxylic acid groups (broad SMARTS) is 2. The summed E-state index contributed by atoms with van der Waals surface area (Å²) >= 11 is 0. The SMILES string of the molecule is COc1ccc2c(c1)-c1c(ccn1C[C@H](C)N)C2(C)C.O=C(O)/C=C/C(=O)O. The molecule has 7 heteroatoms. The van der Waals surface area contributed by atoms with Gasteiger partial charge < -0.3 is 25.3 Å². The number of carboxylic acids is 2. The predicted octanol–water partition coefficient (Wildman–Crippen LogP) is 2.86. The summed E-state index contributed by atoms with van der Waals surface area (Å²) in [6.45, 7) is 7.43. The molecule has 0 saturated heterocycles. The first kappa shape index (κ1) is 21.2. The summed E-state index contributed by atoms with van der Waals surface area (Å²) < 4.78 is 7.66. The molecule has 1 aromatic carbocycles. The quantitative estimate of drug-likeness (QED) is 0.681. The zero-order chi connectivity index (χ0) is 21.1. The maximum absolute atomic E-state index is 9.55. The van der Waals surface area contributed by atoms with Crippen LogP contribution in [-0.4, -0.2) is 39.9 Å². The fraction of sp³-hybridized carbons (Fsp3) is 0.333. The Morgan fingerprint density at radius 1 is 1.18 bits per heavy atom. The number of nitrogens with two attached hydrogens (primary N) is 1. The topological polar surface area (TPSA) is 115 Å². The minimum atomic E-state index is -1.26. The molecule has 0 radical (unpaired) electrons. The number of hydrogen-bond donors (Lipinski definition) is 3. The molecule has 1 aliphatic rings. The van der Waals surface area contributed by atoms with E-state index < -0.39 is 11.9 Å². The van der Waals surface area contributed by atoms with Crippen LogP contribution in [0.5, 0.6) is 5.75 Å². The second kappa shape index (κ2) is 8.31. The number of aromatic nitrogens is 1. The number of nitrogens with zero attached hydrogens (tertiary/aromatic N) is 1. The van der Waals surface area contributed by atoms with Gasteiger partial charge in [0, 0.05) is 41.9 Å². The average molecular weight is 386 g/mol. The molecule has 150 valence electrons. The standard InChI is InChI=1S/C17H22N2O.C4H4O4/c1-11(18)10-19-8-7-15-16(19)13-9-12(20-4)5-6-14(13)17(15,2)3;5-3(6)1-2-4(7)8/h5-9,11H,10,18H2,1-4H3;1-2H,(H,5,6)(H,7,8)/b;2-1+/t11-;/m0./s1. The van der Waals surface area contributed by atoms with Crippen molar-refractivity contribution < 1.29 is 24.5 Å². The Kier molecular flexibility index (Phi) is 6.30. The van der Waals surface area contributed by atoms with Gasteiger partial charge in [0.2, 0.25) is 0 Å². The first-order chi connectivity index (χ1) is 13.1. The van der Waals surface area contributed by atoms with E-state index in [4.69, 9.17) is 20.7 Å². The van der Waals surface area contributed by atoms with Crippen molar-refractivity contribution in [3.05, 3.63) is 53.7 Å². The van der Waals surface area contributed by atoms with Crippen molar-refractivity contribution in [3.8, 4) is 17.0 Å². The summed E-state index contributed by atoms with van der Waals surface area (Å²) in [6.07, 6.45) is 3.27. The highest BCUT2D eigenvalue weighted by atomic mass is 16.5. The van der Waals surface area contributed by atoms with Crippen molar-refractivity contribution in [3.63, 3.8) is 0 Å². The van der Waals surface area contributed by atoms with Crippen LogP contribution in [-0.2, 0) is 21.5 Å². The van der Waals surface area contributed by atoms with Crippen molar-refractivity contribution in [1.82, 2.24) is 4.57 Å². The minimum absolute atomic E-state index is 0.0417. The fourth-order valence-electron chi connectivity index (χ4n) is 3.42. The molecule has 1 atom stereocenters. The highest BCUT2D eigenvalue weighted by Gasteiger charge is 2.37. The molecule has 2 aromatic rings. The lowest BCUT2D eigenvalue weighted by Gasteiger charge is -2.20. The molecule has 0 unspecified atom stereocenters. The largest absolute Gasteiger partial charge is 0.497 e. The van der Waals surface area contributed by atoms with E-state index in [1.165, 1.54) is 22.4 Å². The molecule has 0 aliphatic heterocycles. The third-order valence-corrected chi connectivity index (χ3v) is 4.65. The Morgan fingerprint density at radius 2 is 1.79 bits per heavy atom. The zero-order valence-electron chi connectivity index (χ0n) is 16.5. The molecular weight excluding hydrogens is 360 g/mol. The molecule has 0 saturated carbocycles. The summed E-state index contributed by atoms with van der Waals surface area (Å²) in [6, 6.07) is 8.74. The Balaban J connectivity index is 0.000000300. The third-order valence-electron chi connectivity index (χ3n) is 4.65. The van der Waals surface area contributed by atoms with E-state index >= 15 is 0 Å². The predicted molar refractivity (Wildman–Crippen MR) is 107 cm³/mol. The number of fused-ring (bicyclic) bond motifs is 3. The van der Waals surface area contributed by atoms with Crippen LogP contribution in [0, 0.1) is 0 Å². The number of benzene rings is 1. The molecule has 1 aromatic heterocycles. The highest BCUT2D eigenvalue weighted by Crippen LogP contribution is 2.50. The van der Waals surface area contributed by atoms with E-state index in [9.17, 15) is 9.59 Å². The van der Waals surface area contributed by atoms with Crippen LogP contribution >= 0.6 is 0 Å². The number of aliphatic carboxylic acids is 2. The van der Waals surface area contributed by atoms with Crippen LogP contribution < -0.4 is 10.5 Å². The lowest BCUT2D eigenvalue weighted by molar-refractivity contribution is -0.134. The van der Waals surface area contributed by atoms with E-state index in [1.807, 2.05) is 13.0 Å². The molecule has 0 fully saturated rings. The second-order valence-corrected chi connectivity index (χ2v) is 7.25. The van der Waals surface area contributed by atoms with Crippen LogP contribution in [0.4, 0.5) is 0 Å². The van der Waals surface area contributed by atoms with Crippen LogP contribution in [0.15, 0.2) is 42.6 Å². The molecule has 1 aliphatic carbocycles. The van der Waals surface area contributed by atoms with Gasteiger partial charge >= 0.3 is 11.9 Å². The van der Waals surface area contributed by atoms with Crippen LogP contribution in [0.2, 0.25) is 0 Å². The van der Waals surface area contributed by atoms with Crippen molar-refractivity contribution in [2.75, 3.05) is 7.11 Å². The zero-order valence-corrected chi connectivity index (χ0v) is 16.5. The van der Waals surface area contributed by atoms with Gasteiger partial charge in [-0.2, -0.15) is 0 Å². The lowest BCUT2D eigenvalue weighted by atomic mass is 9.83. The number of rotatable bonds is 5. The molecular formula is C21H26N2O5. The smallest absolute Gasteiger partial charge is 0.328 e. The van der Waals surface area contributed by atoms with Gasteiger partial charge in [0.05, 0.1) is 12.8 Å². The summed E-state index contributed by atoms with van der Waals surface area (Å²) in [7, 11) is 1.71. The monoisotopic (exact) mass is 386 g/mol. The normalized spacial score (nSPS) is 14.6. The van der Waals surface area contributed by atoms with E-state index in [0.717, 1.165) is 12.3 Å². The lowest BCUT2D eigenvalue weighted by Crippen LogP contribution is -2.22. The number of hydrogen-bond acceptors (Lipinski definition) is 4. The van der Waals surface area contributed by atoms with Gasteiger partial charge in [-0.05, 0) is 36.2 Å². The highest BCUT2D eigenvalue weighted by molar-refractivity contribution is 5.89. The minimum Gasteiger partial charge on any atom is -0.497 e. The van der Waals surface area contributed by atoms with Gasteiger partial charge in [-0.1, -0.05) is 19.9 Å². The van der Waals surface area contributed by atoms with Crippen molar-refractivity contribution in [2.24, 2.45) is 5.73 Å². The van der Waals surface area contributed by atoms with Crippen LogP contribution in [0.3, 0.4) is 0 Å². The maximum Gasteiger partial charge on any atom is 0.328 e. The molecule has 1 heterocycles. The molecule has 28 heavy (non-hydrogen) atoms. The molecule has 0 spiro atoms. The Bertz CT molecular complexity index is 894. The first-order valence-electron chi connectivity index (χ1n) is 8.86. The van der Waals surface area contributed by atoms with E-state index in [0.29, 0.717) is 12.2 Å². The second-order valence-electron chi connectivity index (χ2n) is 7.25.